The Balaban J connectivity index is 1.67. The lowest BCUT2D eigenvalue weighted by atomic mass is 9.90. The van der Waals surface area contributed by atoms with Gasteiger partial charge in [0.2, 0.25) is 0 Å². The zero-order chi connectivity index (χ0) is 17.1. The monoisotopic (exact) mass is 346 g/mol. The van der Waals surface area contributed by atoms with Crippen molar-refractivity contribution in [1.82, 2.24) is 10.6 Å². The van der Waals surface area contributed by atoms with Crippen LogP contribution in [0.5, 0.6) is 0 Å². The molecule has 1 heterocycles. The normalized spacial score (nSPS) is 29.0. The largest absolute Gasteiger partial charge is 0.444 e. The van der Waals surface area contributed by atoms with E-state index in [1.807, 2.05) is 20.8 Å². The summed E-state index contributed by atoms with van der Waals surface area (Å²) in [4.78, 5) is 11.8. The lowest BCUT2D eigenvalue weighted by Gasteiger charge is -2.34. The number of hydrogen-bond acceptors (Lipinski definition) is 5. The molecular formula is C16H30N2O4S. The number of alkyl carbamates (subject to hydrolysis) is 1. The van der Waals surface area contributed by atoms with Gasteiger partial charge in [-0.2, -0.15) is 0 Å². The maximum atomic E-state index is 11.8. The quantitative estimate of drug-likeness (QED) is 0.816. The predicted molar refractivity (Wildman–Crippen MR) is 90.2 cm³/mol. The molecule has 134 valence electrons. The van der Waals surface area contributed by atoms with Gasteiger partial charge in [0.1, 0.15) is 15.4 Å². The first kappa shape index (κ1) is 18.5. The second-order valence-electron chi connectivity index (χ2n) is 7.79. The highest BCUT2D eigenvalue weighted by Gasteiger charge is 2.28. The summed E-state index contributed by atoms with van der Waals surface area (Å²) in [5, 5.41) is 6.54. The van der Waals surface area contributed by atoms with E-state index in [2.05, 4.69) is 10.6 Å². The Morgan fingerprint density at radius 3 is 1.91 bits per heavy atom. The van der Waals surface area contributed by atoms with Gasteiger partial charge in [-0.3, -0.25) is 0 Å². The molecule has 7 heteroatoms. The number of carbonyl (C=O) groups is 1. The van der Waals surface area contributed by atoms with E-state index in [1.54, 1.807) is 0 Å². The van der Waals surface area contributed by atoms with Gasteiger partial charge in [-0.05, 0) is 59.3 Å². The zero-order valence-electron chi connectivity index (χ0n) is 14.4. The maximum absolute atomic E-state index is 11.8. The van der Waals surface area contributed by atoms with E-state index in [0.29, 0.717) is 23.6 Å². The molecule has 1 saturated heterocycles. The minimum atomic E-state index is -2.80. The maximum Gasteiger partial charge on any atom is 0.407 e. The summed E-state index contributed by atoms with van der Waals surface area (Å²) >= 11 is 0. The van der Waals surface area contributed by atoms with Gasteiger partial charge >= 0.3 is 6.09 Å². The summed E-state index contributed by atoms with van der Waals surface area (Å²) < 4.78 is 28.2. The van der Waals surface area contributed by atoms with Crippen LogP contribution in [0.15, 0.2) is 0 Å². The summed E-state index contributed by atoms with van der Waals surface area (Å²) in [6.45, 7) is 5.58. The highest BCUT2D eigenvalue weighted by molar-refractivity contribution is 7.91. The number of hydrogen-bond donors (Lipinski definition) is 2. The van der Waals surface area contributed by atoms with Crippen molar-refractivity contribution in [3.63, 3.8) is 0 Å². The summed E-state index contributed by atoms with van der Waals surface area (Å²) in [6, 6.07) is 0.922. The molecule has 0 radical (unpaired) electrons. The van der Waals surface area contributed by atoms with Gasteiger partial charge in [0, 0.05) is 18.1 Å². The number of nitrogens with one attached hydrogen (secondary N) is 2. The molecule has 1 amide bonds. The first-order valence-corrected chi connectivity index (χ1v) is 10.4. The standard InChI is InChI=1S/C16H30N2O4S/c1-16(2,3)22-15(19)18-13-6-4-12(5-7-13)17-14-8-10-23(20,21)11-9-14/h12-14,17H,4-11H2,1-3H3,(H,18,19). The van der Waals surface area contributed by atoms with Crippen molar-refractivity contribution >= 4 is 15.9 Å². The minimum Gasteiger partial charge on any atom is -0.444 e. The molecule has 2 N–H and O–H groups in total. The van der Waals surface area contributed by atoms with Crippen molar-refractivity contribution in [1.29, 1.82) is 0 Å². The van der Waals surface area contributed by atoms with Crippen molar-refractivity contribution in [2.24, 2.45) is 0 Å². The van der Waals surface area contributed by atoms with E-state index >= 15 is 0 Å². The van der Waals surface area contributed by atoms with Crippen molar-refractivity contribution in [2.75, 3.05) is 11.5 Å². The molecule has 1 aliphatic heterocycles. The Hall–Kier alpha value is -0.820. The number of sulfone groups is 1. The Morgan fingerprint density at radius 2 is 1.39 bits per heavy atom. The summed E-state index contributed by atoms with van der Waals surface area (Å²) in [7, 11) is -2.80. The number of ether oxygens (including phenoxy) is 1. The van der Waals surface area contributed by atoms with Crippen LogP contribution in [0, 0.1) is 0 Å². The van der Waals surface area contributed by atoms with Crippen LogP contribution in [0.3, 0.4) is 0 Å². The van der Waals surface area contributed by atoms with Crippen molar-refractivity contribution < 1.29 is 17.9 Å². The molecule has 2 rings (SSSR count). The Kier molecular flexibility index (Phi) is 5.94. The van der Waals surface area contributed by atoms with Gasteiger partial charge in [-0.15, -0.1) is 0 Å². The number of rotatable bonds is 3. The van der Waals surface area contributed by atoms with Gasteiger partial charge in [-0.1, -0.05) is 0 Å². The molecule has 1 aliphatic carbocycles. The number of amides is 1. The second kappa shape index (κ2) is 7.38. The van der Waals surface area contributed by atoms with E-state index in [0.717, 1.165) is 38.5 Å². The third-order valence-electron chi connectivity index (χ3n) is 4.47. The SMILES string of the molecule is CC(C)(C)OC(=O)NC1CCC(NC2CCS(=O)(=O)CC2)CC1. The van der Waals surface area contributed by atoms with Crippen LogP contribution in [0.4, 0.5) is 4.79 Å². The van der Waals surface area contributed by atoms with Gasteiger partial charge in [0.05, 0.1) is 11.5 Å². The van der Waals surface area contributed by atoms with Crippen molar-refractivity contribution in [3.8, 4) is 0 Å². The first-order valence-electron chi connectivity index (χ1n) is 8.59. The molecule has 0 unspecified atom stereocenters. The molecule has 2 fully saturated rings. The average Bonchev–Trinajstić information content (AvgIpc) is 2.41. The van der Waals surface area contributed by atoms with E-state index < -0.39 is 15.4 Å². The summed E-state index contributed by atoms with van der Waals surface area (Å²) in [5.74, 6) is 0.612. The van der Waals surface area contributed by atoms with Gasteiger partial charge in [-0.25, -0.2) is 13.2 Å². The zero-order valence-corrected chi connectivity index (χ0v) is 15.2. The molecule has 0 aromatic heterocycles. The topological polar surface area (TPSA) is 84.5 Å². The fraction of sp³-hybridized carbons (Fsp3) is 0.938. The molecule has 0 aromatic carbocycles. The Morgan fingerprint density at radius 1 is 0.913 bits per heavy atom. The van der Waals surface area contributed by atoms with Crippen LogP contribution in [0.1, 0.15) is 59.3 Å². The van der Waals surface area contributed by atoms with Crippen molar-refractivity contribution in [2.45, 2.75) is 83.0 Å². The molecule has 0 bridgehead atoms. The van der Waals surface area contributed by atoms with Crippen LogP contribution < -0.4 is 10.6 Å². The molecule has 23 heavy (non-hydrogen) atoms. The fourth-order valence-corrected chi connectivity index (χ4v) is 4.76. The second-order valence-corrected chi connectivity index (χ2v) is 10.1. The Labute approximate surface area is 139 Å². The molecule has 2 aliphatic rings. The molecule has 6 nitrogen and oxygen atoms in total. The average molecular weight is 346 g/mol. The highest BCUT2D eigenvalue weighted by Crippen LogP contribution is 2.22. The summed E-state index contributed by atoms with van der Waals surface area (Å²) in [6.07, 6.45) is 4.97. The third-order valence-corrected chi connectivity index (χ3v) is 6.19. The fourth-order valence-electron chi connectivity index (χ4n) is 3.27. The smallest absolute Gasteiger partial charge is 0.407 e. The van der Waals surface area contributed by atoms with Crippen molar-refractivity contribution in [3.05, 3.63) is 0 Å². The van der Waals surface area contributed by atoms with Gasteiger partial charge in [0.15, 0.2) is 0 Å². The molecular weight excluding hydrogens is 316 g/mol. The third kappa shape index (κ3) is 6.67. The lowest BCUT2D eigenvalue weighted by Crippen LogP contribution is -2.47. The van der Waals surface area contributed by atoms with Crippen LogP contribution in [0.25, 0.3) is 0 Å². The van der Waals surface area contributed by atoms with E-state index in [9.17, 15) is 13.2 Å². The molecule has 0 spiro atoms. The van der Waals surface area contributed by atoms with E-state index in [-0.39, 0.29) is 12.1 Å². The van der Waals surface area contributed by atoms with Gasteiger partial charge in [0.25, 0.3) is 0 Å². The Bertz CT molecular complexity index is 491. The van der Waals surface area contributed by atoms with E-state index in [4.69, 9.17) is 4.74 Å². The highest BCUT2D eigenvalue weighted by atomic mass is 32.2. The number of carbonyl (C=O) groups excluding carboxylic acids is 1. The van der Waals surface area contributed by atoms with Crippen LogP contribution >= 0.6 is 0 Å². The molecule has 0 atom stereocenters. The predicted octanol–water partition coefficient (Wildman–Crippen LogP) is 1.99. The van der Waals surface area contributed by atoms with E-state index in [1.165, 1.54) is 0 Å². The first-order chi connectivity index (χ1) is 10.6. The molecule has 0 aromatic rings. The lowest BCUT2D eigenvalue weighted by molar-refractivity contribution is 0.0489. The van der Waals surface area contributed by atoms with Crippen LogP contribution in [-0.2, 0) is 14.6 Å². The minimum absolute atomic E-state index is 0.176. The van der Waals surface area contributed by atoms with Crippen LogP contribution in [-0.4, -0.2) is 49.7 Å². The molecule has 1 saturated carbocycles. The summed E-state index contributed by atoms with van der Waals surface area (Å²) in [5.41, 5.74) is -0.468. The van der Waals surface area contributed by atoms with Crippen LogP contribution in [0.2, 0.25) is 0 Å². The van der Waals surface area contributed by atoms with Gasteiger partial charge < -0.3 is 15.4 Å².